The highest BCUT2D eigenvalue weighted by molar-refractivity contribution is 7.98. The van der Waals surface area contributed by atoms with Crippen LogP contribution in [0.25, 0.3) is 5.13 Å². The average molecular weight is 387 g/mol. The Bertz CT molecular complexity index is 949. The summed E-state index contributed by atoms with van der Waals surface area (Å²) in [5.74, 6) is -0.798. The number of ketones is 1. The Morgan fingerprint density at radius 2 is 2.04 bits per heavy atom. The lowest BCUT2D eigenvalue weighted by molar-refractivity contribution is 0.0470. The molecule has 0 aromatic carbocycles. The van der Waals surface area contributed by atoms with Crippen LogP contribution in [-0.4, -0.2) is 39.2 Å². The maximum Gasteiger partial charge on any atom is 0.341 e. The summed E-state index contributed by atoms with van der Waals surface area (Å²) in [6, 6.07) is 5.10. The molecule has 0 saturated heterocycles. The van der Waals surface area contributed by atoms with E-state index in [1.807, 2.05) is 30.1 Å². The van der Waals surface area contributed by atoms with E-state index in [9.17, 15) is 9.59 Å². The summed E-state index contributed by atoms with van der Waals surface area (Å²) in [5, 5.41) is 3.26. The highest BCUT2D eigenvalue weighted by Gasteiger charge is 2.20. The molecule has 3 aromatic heterocycles. The van der Waals surface area contributed by atoms with Gasteiger partial charge >= 0.3 is 5.97 Å². The molecule has 0 aliphatic rings. The lowest BCUT2D eigenvalue weighted by atomic mass is 10.1. The third-order valence-electron chi connectivity index (χ3n) is 3.86. The Labute approximate surface area is 159 Å². The molecular formula is C18H17N3O3S2. The summed E-state index contributed by atoms with van der Waals surface area (Å²) in [5.41, 5.74) is 2.58. The molecule has 0 amide bonds. The fraction of sp³-hybridized carbons (Fsp3) is 0.222. The van der Waals surface area contributed by atoms with Crippen LogP contribution in [0, 0.1) is 13.8 Å². The first-order chi connectivity index (χ1) is 12.5. The van der Waals surface area contributed by atoms with E-state index in [0.717, 1.165) is 16.5 Å². The van der Waals surface area contributed by atoms with Crippen LogP contribution in [0.2, 0.25) is 0 Å². The molecule has 0 radical (unpaired) electrons. The van der Waals surface area contributed by atoms with Crippen molar-refractivity contribution in [3.8, 4) is 5.13 Å². The van der Waals surface area contributed by atoms with E-state index in [-0.39, 0.29) is 12.4 Å². The van der Waals surface area contributed by atoms with Crippen molar-refractivity contribution in [2.24, 2.45) is 0 Å². The zero-order valence-corrected chi connectivity index (χ0v) is 16.2. The topological polar surface area (TPSA) is 74.1 Å². The van der Waals surface area contributed by atoms with Crippen LogP contribution in [0.1, 0.15) is 32.1 Å². The normalized spacial score (nSPS) is 10.7. The fourth-order valence-electron chi connectivity index (χ4n) is 2.66. The molecule has 0 bridgehead atoms. The Morgan fingerprint density at radius 3 is 2.73 bits per heavy atom. The van der Waals surface area contributed by atoms with Crippen LogP contribution in [-0.2, 0) is 4.74 Å². The molecule has 3 aromatic rings. The zero-order chi connectivity index (χ0) is 18.7. The van der Waals surface area contributed by atoms with Crippen molar-refractivity contribution in [1.29, 1.82) is 0 Å². The average Bonchev–Trinajstić information content (AvgIpc) is 3.27. The SMILES string of the molecule is CSc1ncccc1C(=O)OCC(=O)c1cc(C)n(-c2nccs2)c1C. The highest BCUT2D eigenvalue weighted by Crippen LogP contribution is 2.23. The maximum absolute atomic E-state index is 12.6. The number of hydrogen-bond donors (Lipinski definition) is 0. The number of pyridine rings is 1. The van der Waals surface area contributed by atoms with Gasteiger partial charge < -0.3 is 4.74 Å². The molecule has 0 saturated carbocycles. The maximum atomic E-state index is 12.6. The van der Waals surface area contributed by atoms with Crippen molar-refractivity contribution in [2.75, 3.05) is 12.9 Å². The molecular weight excluding hydrogens is 370 g/mol. The number of Topliss-reactive ketones (excluding diaryl/α,β-unsaturated/α-hetero) is 1. The molecule has 0 N–H and O–H groups in total. The Hall–Kier alpha value is -2.45. The number of rotatable bonds is 6. The minimum absolute atomic E-state index is 0.246. The van der Waals surface area contributed by atoms with Gasteiger partial charge in [-0.1, -0.05) is 0 Å². The molecule has 0 fully saturated rings. The van der Waals surface area contributed by atoms with Gasteiger partial charge in [0, 0.05) is 34.7 Å². The van der Waals surface area contributed by atoms with E-state index in [0.29, 0.717) is 16.2 Å². The molecule has 3 rings (SSSR count). The van der Waals surface area contributed by atoms with Gasteiger partial charge in [-0.2, -0.15) is 0 Å². The first-order valence-electron chi connectivity index (χ1n) is 7.81. The van der Waals surface area contributed by atoms with E-state index >= 15 is 0 Å². The van der Waals surface area contributed by atoms with E-state index in [2.05, 4.69) is 9.97 Å². The second-order valence-corrected chi connectivity index (χ2v) is 7.16. The molecule has 6 nitrogen and oxygen atoms in total. The number of ether oxygens (including phenoxy) is 1. The van der Waals surface area contributed by atoms with Crippen molar-refractivity contribution in [3.63, 3.8) is 0 Å². The number of carbonyl (C=O) groups is 2. The van der Waals surface area contributed by atoms with Crippen molar-refractivity contribution in [1.82, 2.24) is 14.5 Å². The molecule has 0 atom stereocenters. The number of nitrogens with zero attached hydrogens (tertiary/aromatic N) is 3. The minimum Gasteiger partial charge on any atom is -0.454 e. The van der Waals surface area contributed by atoms with Gasteiger partial charge in [0.25, 0.3) is 0 Å². The van der Waals surface area contributed by atoms with Crippen LogP contribution in [0.4, 0.5) is 0 Å². The molecule has 0 spiro atoms. The highest BCUT2D eigenvalue weighted by atomic mass is 32.2. The number of aryl methyl sites for hydroxylation is 1. The lowest BCUT2D eigenvalue weighted by Crippen LogP contribution is -2.15. The summed E-state index contributed by atoms with van der Waals surface area (Å²) in [6.07, 6.45) is 5.17. The Kier molecular flexibility index (Phi) is 5.53. The quantitative estimate of drug-likeness (QED) is 0.365. The van der Waals surface area contributed by atoms with Crippen LogP contribution in [0.3, 0.4) is 0 Å². The van der Waals surface area contributed by atoms with Crippen LogP contribution >= 0.6 is 23.1 Å². The predicted octanol–water partition coefficient (Wildman–Crippen LogP) is 3.71. The van der Waals surface area contributed by atoms with Crippen LogP contribution < -0.4 is 0 Å². The van der Waals surface area contributed by atoms with Gasteiger partial charge in [-0.05, 0) is 38.3 Å². The Morgan fingerprint density at radius 1 is 1.23 bits per heavy atom. The van der Waals surface area contributed by atoms with Gasteiger partial charge in [-0.25, -0.2) is 14.8 Å². The van der Waals surface area contributed by atoms with Gasteiger partial charge in [0.15, 0.2) is 11.7 Å². The van der Waals surface area contributed by atoms with E-state index in [4.69, 9.17) is 4.74 Å². The number of esters is 1. The third kappa shape index (κ3) is 3.56. The van der Waals surface area contributed by atoms with Gasteiger partial charge in [0.2, 0.25) is 5.78 Å². The smallest absolute Gasteiger partial charge is 0.341 e. The summed E-state index contributed by atoms with van der Waals surface area (Å²) in [7, 11) is 0. The third-order valence-corrected chi connectivity index (χ3v) is 5.33. The molecule has 26 heavy (non-hydrogen) atoms. The van der Waals surface area contributed by atoms with Gasteiger partial charge in [0.1, 0.15) is 5.03 Å². The first kappa shape index (κ1) is 18.3. The van der Waals surface area contributed by atoms with E-state index in [1.165, 1.54) is 23.1 Å². The summed E-state index contributed by atoms with van der Waals surface area (Å²) >= 11 is 2.85. The second kappa shape index (κ2) is 7.84. The number of thioether (sulfide) groups is 1. The van der Waals surface area contributed by atoms with Crippen molar-refractivity contribution < 1.29 is 14.3 Å². The predicted molar refractivity (Wildman–Crippen MR) is 102 cm³/mol. The largest absolute Gasteiger partial charge is 0.454 e. The second-order valence-electron chi connectivity index (χ2n) is 5.49. The summed E-state index contributed by atoms with van der Waals surface area (Å²) < 4.78 is 7.14. The van der Waals surface area contributed by atoms with E-state index < -0.39 is 5.97 Å². The monoisotopic (exact) mass is 387 g/mol. The lowest BCUT2D eigenvalue weighted by Gasteiger charge is -2.07. The van der Waals surface area contributed by atoms with Crippen molar-refractivity contribution in [2.45, 2.75) is 18.9 Å². The number of carbonyl (C=O) groups excluding carboxylic acids is 2. The minimum atomic E-state index is -0.551. The molecule has 0 aliphatic heterocycles. The van der Waals surface area contributed by atoms with Gasteiger partial charge in [-0.3, -0.25) is 9.36 Å². The van der Waals surface area contributed by atoms with Gasteiger partial charge in [0.05, 0.1) is 5.56 Å². The molecule has 0 aliphatic carbocycles. The standard InChI is InChI=1S/C18H17N3O3S2/c1-11-9-14(12(2)21(11)18-20-7-8-26-18)15(22)10-24-17(23)13-5-4-6-19-16(13)25-3/h4-9H,10H2,1-3H3. The van der Waals surface area contributed by atoms with Crippen molar-refractivity contribution in [3.05, 3.63) is 58.5 Å². The fourth-order valence-corrected chi connectivity index (χ4v) is 3.95. The van der Waals surface area contributed by atoms with E-state index in [1.54, 1.807) is 30.6 Å². The van der Waals surface area contributed by atoms with Crippen LogP contribution in [0.15, 0.2) is 41.0 Å². The van der Waals surface area contributed by atoms with Crippen molar-refractivity contribution >= 4 is 34.9 Å². The Balaban J connectivity index is 1.75. The summed E-state index contributed by atoms with van der Waals surface area (Å²) in [4.78, 5) is 33.2. The number of aromatic nitrogens is 3. The molecule has 8 heteroatoms. The number of thiazole rings is 1. The molecule has 134 valence electrons. The number of hydrogen-bond acceptors (Lipinski definition) is 7. The van der Waals surface area contributed by atoms with Gasteiger partial charge in [-0.15, -0.1) is 23.1 Å². The first-order valence-corrected chi connectivity index (χ1v) is 9.91. The summed E-state index contributed by atoms with van der Waals surface area (Å²) in [6.45, 7) is 3.46. The molecule has 0 unspecified atom stereocenters. The van der Waals surface area contributed by atoms with Crippen LogP contribution in [0.5, 0.6) is 0 Å². The molecule has 3 heterocycles. The zero-order valence-electron chi connectivity index (χ0n) is 14.6.